The van der Waals surface area contributed by atoms with Crippen LogP contribution in [0.2, 0.25) is 0 Å². The summed E-state index contributed by atoms with van der Waals surface area (Å²) >= 11 is 1.66. The monoisotopic (exact) mass is 268 g/mol. The summed E-state index contributed by atoms with van der Waals surface area (Å²) < 4.78 is 0. The quantitative estimate of drug-likeness (QED) is 0.819. The van der Waals surface area contributed by atoms with E-state index < -0.39 is 0 Å². The van der Waals surface area contributed by atoms with Gasteiger partial charge in [0.1, 0.15) is 0 Å². The Morgan fingerprint density at radius 1 is 1.56 bits per heavy atom. The number of thiazole rings is 1. The van der Waals surface area contributed by atoms with Crippen LogP contribution in [-0.2, 0) is 6.54 Å². The fraction of sp³-hybridized carbons (Fsp3) is 0.769. The van der Waals surface area contributed by atoms with E-state index in [-0.39, 0.29) is 0 Å². The van der Waals surface area contributed by atoms with Gasteiger partial charge in [-0.2, -0.15) is 0 Å². The van der Waals surface area contributed by atoms with Crippen molar-refractivity contribution >= 4 is 11.3 Å². The third kappa shape index (κ3) is 4.65. The van der Waals surface area contributed by atoms with Crippen LogP contribution in [0.1, 0.15) is 31.9 Å². The molecule has 1 unspecified atom stereocenters. The van der Waals surface area contributed by atoms with Gasteiger partial charge in [-0.25, -0.2) is 4.98 Å². The molecule has 1 aromatic rings. The van der Waals surface area contributed by atoms with Crippen molar-refractivity contribution in [3.05, 3.63) is 16.6 Å². The highest BCUT2D eigenvalue weighted by Gasteiger charge is 2.18. The van der Waals surface area contributed by atoms with Crippen molar-refractivity contribution in [2.45, 2.75) is 44.8 Å². The maximum absolute atomic E-state index is 5.79. The Balaban J connectivity index is 1.61. The molecule has 2 heterocycles. The van der Waals surface area contributed by atoms with E-state index >= 15 is 0 Å². The zero-order chi connectivity index (χ0) is 12.8. The van der Waals surface area contributed by atoms with E-state index in [2.05, 4.69) is 27.5 Å². The highest BCUT2D eigenvalue weighted by Crippen LogP contribution is 2.12. The van der Waals surface area contributed by atoms with Crippen molar-refractivity contribution in [3.8, 4) is 0 Å². The summed E-state index contributed by atoms with van der Waals surface area (Å²) in [6.45, 7) is 6.54. The summed E-state index contributed by atoms with van der Waals surface area (Å²) in [5.41, 5.74) is 8.86. The van der Waals surface area contributed by atoms with Gasteiger partial charge in [-0.05, 0) is 45.8 Å². The van der Waals surface area contributed by atoms with E-state index in [4.69, 9.17) is 5.73 Å². The van der Waals surface area contributed by atoms with Gasteiger partial charge in [0.25, 0.3) is 0 Å². The maximum Gasteiger partial charge on any atom is 0.0795 e. The normalized spacial score (nSPS) is 20.1. The predicted molar refractivity (Wildman–Crippen MR) is 76.7 cm³/mol. The van der Waals surface area contributed by atoms with Gasteiger partial charge in [0.15, 0.2) is 0 Å². The molecule has 0 amide bonds. The molecule has 0 bridgehead atoms. The van der Waals surface area contributed by atoms with Crippen LogP contribution >= 0.6 is 11.3 Å². The minimum atomic E-state index is 0.325. The zero-order valence-corrected chi connectivity index (χ0v) is 12.0. The summed E-state index contributed by atoms with van der Waals surface area (Å²) in [5.74, 6) is 0. The molecule has 1 aromatic heterocycles. The highest BCUT2D eigenvalue weighted by molar-refractivity contribution is 7.07. The molecular formula is C13H24N4S. The first-order valence-electron chi connectivity index (χ1n) is 6.82. The molecule has 0 aromatic carbocycles. The maximum atomic E-state index is 5.79. The summed E-state index contributed by atoms with van der Waals surface area (Å²) in [4.78, 5) is 6.83. The largest absolute Gasteiger partial charge is 0.328 e. The first-order valence-corrected chi connectivity index (χ1v) is 7.76. The summed E-state index contributed by atoms with van der Waals surface area (Å²) in [5, 5.41) is 5.72. The molecule has 5 heteroatoms. The second kappa shape index (κ2) is 7.19. The van der Waals surface area contributed by atoms with Gasteiger partial charge in [-0.15, -0.1) is 11.3 Å². The molecule has 0 aliphatic carbocycles. The van der Waals surface area contributed by atoms with Crippen LogP contribution in [-0.4, -0.2) is 41.6 Å². The van der Waals surface area contributed by atoms with E-state index in [1.807, 2.05) is 5.51 Å². The first kappa shape index (κ1) is 13.9. The first-order chi connectivity index (χ1) is 8.74. The number of likely N-dealkylation sites (tertiary alicyclic amines) is 1. The minimum absolute atomic E-state index is 0.325. The topological polar surface area (TPSA) is 54.2 Å². The van der Waals surface area contributed by atoms with Gasteiger partial charge in [0.05, 0.1) is 11.2 Å². The van der Waals surface area contributed by atoms with Gasteiger partial charge in [-0.3, -0.25) is 0 Å². The lowest BCUT2D eigenvalue weighted by Gasteiger charge is -2.32. The molecule has 1 saturated heterocycles. The van der Waals surface area contributed by atoms with E-state index in [0.29, 0.717) is 12.1 Å². The Morgan fingerprint density at radius 3 is 2.94 bits per heavy atom. The van der Waals surface area contributed by atoms with E-state index in [9.17, 15) is 0 Å². The molecule has 0 radical (unpaired) electrons. The Morgan fingerprint density at radius 2 is 2.33 bits per heavy atom. The summed E-state index contributed by atoms with van der Waals surface area (Å²) in [7, 11) is 0. The van der Waals surface area contributed by atoms with Gasteiger partial charge in [0.2, 0.25) is 0 Å². The van der Waals surface area contributed by atoms with Crippen LogP contribution in [0, 0.1) is 0 Å². The Bertz CT molecular complexity index is 318. The smallest absolute Gasteiger partial charge is 0.0795 e. The van der Waals surface area contributed by atoms with Crippen molar-refractivity contribution in [1.29, 1.82) is 0 Å². The van der Waals surface area contributed by atoms with E-state index in [0.717, 1.165) is 19.5 Å². The average Bonchev–Trinajstić information content (AvgIpc) is 2.88. The number of rotatable bonds is 6. The molecule has 1 aliphatic rings. The van der Waals surface area contributed by atoms with E-state index in [1.165, 1.54) is 31.6 Å². The van der Waals surface area contributed by atoms with Crippen LogP contribution < -0.4 is 11.1 Å². The average molecular weight is 268 g/mol. The number of hydrogen-bond acceptors (Lipinski definition) is 5. The molecule has 1 atom stereocenters. The highest BCUT2D eigenvalue weighted by atomic mass is 32.1. The van der Waals surface area contributed by atoms with Crippen LogP contribution in [0.3, 0.4) is 0 Å². The summed E-state index contributed by atoms with van der Waals surface area (Å²) in [6.07, 6.45) is 3.59. The minimum Gasteiger partial charge on any atom is -0.328 e. The molecule has 3 N–H and O–H groups in total. The van der Waals surface area contributed by atoms with Crippen LogP contribution in [0.5, 0.6) is 0 Å². The Kier molecular flexibility index (Phi) is 5.56. The van der Waals surface area contributed by atoms with Crippen molar-refractivity contribution in [2.24, 2.45) is 5.73 Å². The molecule has 4 nitrogen and oxygen atoms in total. The molecule has 102 valence electrons. The van der Waals surface area contributed by atoms with Gasteiger partial charge in [0, 0.05) is 24.0 Å². The Hall–Kier alpha value is -0.490. The number of hydrogen-bond donors (Lipinski definition) is 2. The molecule has 1 aliphatic heterocycles. The second-order valence-electron chi connectivity index (χ2n) is 5.24. The number of nitrogens with one attached hydrogen (secondary N) is 1. The van der Waals surface area contributed by atoms with Crippen molar-refractivity contribution in [3.63, 3.8) is 0 Å². The number of aromatic nitrogens is 1. The Labute approximate surface area is 114 Å². The molecule has 2 rings (SSSR count). The zero-order valence-electron chi connectivity index (χ0n) is 11.1. The molecule has 0 spiro atoms. The van der Waals surface area contributed by atoms with Crippen molar-refractivity contribution in [1.82, 2.24) is 15.2 Å². The standard InChI is InChI=1S/C13H24N4S/c1-11(14)2-5-17-6-3-12(4-7-17)15-8-13-9-18-10-16-13/h9-12,15H,2-8,14H2,1H3. The second-order valence-corrected chi connectivity index (χ2v) is 5.96. The van der Waals surface area contributed by atoms with Crippen molar-refractivity contribution in [2.75, 3.05) is 19.6 Å². The van der Waals surface area contributed by atoms with E-state index in [1.54, 1.807) is 11.3 Å². The number of nitrogens with two attached hydrogens (primary N) is 1. The van der Waals surface area contributed by atoms with Crippen LogP contribution in [0.25, 0.3) is 0 Å². The fourth-order valence-electron chi connectivity index (χ4n) is 2.32. The third-order valence-electron chi connectivity index (χ3n) is 3.54. The van der Waals surface area contributed by atoms with Crippen LogP contribution in [0.15, 0.2) is 10.9 Å². The van der Waals surface area contributed by atoms with Gasteiger partial charge < -0.3 is 16.0 Å². The SMILES string of the molecule is CC(N)CCN1CCC(NCc2cscn2)CC1. The van der Waals surface area contributed by atoms with Crippen LogP contribution in [0.4, 0.5) is 0 Å². The predicted octanol–water partition coefficient (Wildman–Crippen LogP) is 1.43. The van der Waals surface area contributed by atoms with Crippen molar-refractivity contribution < 1.29 is 0 Å². The third-order valence-corrected chi connectivity index (χ3v) is 4.18. The number of piperidine rings is 1. The number of nitrogens with zero attached hydrogens (tertiary/aromatic N) is 2. The lowest BCUT2D eigenvalue weighted by molar-refractivity contribution is 0.192. The van der Waals surface area contributed by atoms with Gasteiger partial charge >= 0.3 is 0 Å². The molecule has 0 saturated carbocycles. The lowest BCUT2D eigenvalue weighted by atomic mass is 10.0. The molecule has 18 heavy (non-hydrogen) atoms. The lowest BCUT2D eigenvalue weighted by Crippen LogP contribution is -2.43. The molecule has 1 fully saturated rings. The fourth-order valence-corrected chi connectivity index (χ4v) is 2.88. The van der Waals surface area contributed by atoms with Gasteiger partial charge in [-0.1, -0.05) is 0 Å². The molecular weight excluding hydrogens is 244 g/mol. The summed E-state index contributed by atoms with van der Waals surface area (Å²) in [6, 6.07) is 0.976.